The quantitative estimate of drug-likeness (QED) is 0.645. The van der Waals surface area contributed by atoms with E-state index in [4.69, 9.17) is 9.47 Å². The summed E-state index contributed by atoms with van der Waals surface area (Å²) in [5, 5.41) is 22.3. The van der Waals surface area contributed by atoms with E-state index < -0.39 is 11.7 Å². The van der Waals surface area contributed by atoms with Crippen LogP contribution >= 0.6 is 0 Å². The lowest BCUT2D eigenvalue weighted by molar-refractivity contribution is -0.0884. The first-order valence-corrected chi connectivity index (χ1v) is 8.94. The molecule has 1 aliphatic rings. The highest BCUT2D eigenvalue weighted by molar-refractivity contribution is 5.50. The maximum atomic E-state index is 11.6. The van der Waals surface area contributed by atoms with Gasteiger partial charge in [-0.3, -0.25) is 0 Å². The zero-order chi connectivity index (χ0) is 19.2. The normalized spacial score (nSPS) is 22.3. The molecule has 0 amide bonds. The molecule has 140 valence electrons. The summed E-state index contributed by atoms with van der Waals surface area (Å²) in [6.07, 6.45) is 7.45. The highest BCUT2D eigenvalue weighted by atomic mass is 16.5. The van der Waals surface area contributed by atoms with E-state index in [2.05, 4.69) is 13.2 Å². The van der Waals surface area contributed by atoms with E-state index in [1.807, 2.05) is 38.1 Å². The molecule has 0 fully saturated rings. The number of hydrogen-bond acceptors (Lipinski definition) is 4. The summed E-state index contributed by atoms with van der Waals surface area (Å²) in [6, 6.07) is 5.59. The molecule has 0 saturated carbocycles. The van der Waals surface area contributed by atoms with Crippen LogP contribution in [-0.2, 0) is 16.8 Å². The highest BCUT2D eigenvalue weighted by Crippen LogP contribution is 2.43. The molecule has 2 N–H and O–H groups in total. The number of hydrogen-bond donors (Lipinski definition) is 2. The number of benzene rings is 1. The van der Waals surface area contributed by atoms with Crippen LogP contribution in [-0.4, -0.2) is 29.5 Å². The van der Waals surface area contributed by atoms with Crippen molar-refractivity contribution in [1.82, 2.24) is 0 Å². The van der Waals surface area contributed by atoms with E-state index in [0.717, 1.165) is 11.1 Å². The van der Waals surface area contributed by atoms with Crippen molar-refractivity contribution < 1.29 is 19.7 Å². The number of allylic oxidation sites excluding steroid dienone is 4. The Bertz CT molecular complexity index is 717. The van der Waals surface area contributed by atoms with Gasteiger partial charge in [-0.25, -0.2) is 0 Å². The van der Waals surface area contributed by atoms with Gasteiger partial charge in [-0.1, -0.05) is 18.2 Å². The third-order valence-corrected chi connectivity index (χ3v) is 4.35. The van der Waals surface area contributed by atoms with Gasteiger partial charge in [-0.15, -0.1) is 13.2 Å². The first kappa shape index (κ1) is 20.0. The maximum Gasteiger partial charge on any atom is 0.180 e. The minimum atomic E-state index is -1.72. The monoisotopic (exact) mass is 356 g/mol. The van der Waals surface area contributed by atoms with Gasteiger partial charge in [-0.05, 0) is 62.1 Å². The molecule has 0 aromatic heterocycles. The smallest absolute Gasteiger partial charge is 0.180 e. The summed E-state index contributed by atoms with van der Waals surface area (Å²) in [5.41, 5.74) is 0.582. The second kappa shape index (κ2) is 8.88. The predicted octanol–water partition coefficient (Wildman–Crippen LogP) is 4.36. The van der Waals surface area contributed by atoms with Gasteiger partial charge in [0, 0.05) is 12.2 Å². The first-order valence-electron chi connectivity index (χ1n) is 8.94. The van der Waals surface area contributed by atoms with E-state index in [1.54, 1.807) is 18.2 Å². The van der Waals surface area contributed by atoms with Crippen LogP contribution in [0.3, 0.4) is 0 Å². The molecule has 0 bridgehead atoms. The third-order valence-electron chi connectivity index (χ3n) is 4.35. The van der Waals surface area contributed by atoms with Crippen LogP contribution in [0.15, 0.2) is 67.0 Å². The van der Waals surface area contributed by atoms with Crippen molar-refractivity contribution >= 4 is 0 Å². The van der Waals surface area contributed by atoms with Crippen molar-refractivity contribution in [2.45, 2.75) is 38.4 Å². The van der Waals surface area contributed by atoms with Crippen LogP contribution in [0.25, 0.3) is 0 Å². The molecule has 0 radical (unpaired) electrons. The average Bonchev–Trinajstić information content (AvgIpc) is 2.61. The van der Waals surface area contributed by atoms with Gasteiger partial charge >= 0.3 is 0 Å². The van der Waals surface area contributed by atoms with Gasteiger partial charge in [0.25, 0.3) is 0 Å². The number of aliphatic hydroxyl groups excluding tert-OH is 1. The van der Waals surface area contributed by atoms with E-state index in [-0.39, 0.29) is 5.76 Å². The summed E-state index contributed by atoms with van der Waals surface area (Å²) >= 11 is 0. The Morgan fingerprint density at radius 3 is 2.50 bits per heavy atom. The van der Waals surface area contributed by atoms with Crippen LogP contribution in [0.5, 0.6) is 5.75 Å². The molecule has 4 nitrogen and oxygen atoms in total. The molecule has 1 aromatic rings. The number of rotatable bonds is 9. The van der Waals surface area contributed by atoms with E-state index >= 15 is 0 Å². The zero-order valence-corrected chi connectivity index (χ0v) is 15.6. The summed E-state index contributed by atoms with van der Waals surface area (Å²) in [5.74, 6) is 0.361. The number of ether oxygens (including phenoxy) is 2. The molecule has 2 atom stereocenters. The maximum absolute atomic E-state index is 11.6. The van der Waals surface area contributed by atoms with Gasteiger partial charge in [0.05, 0.1) is 6.61 Å². The molecule has 2 unspecified atom stereocenters. The predicted molar refractivity (Wildman–Crippen MR) is 104 cm³/mol. The van der Waals surface area contributed by atoms with Gasteiger partial charge in [-0.2, -0.15) is 0 Å². The molecule has 2 rings (SSSR count). The molecule has 1 aromatic carbocycles. The lowest BCUT2D eigenvalue weighted by atomic mass is 9.79. The number of aliphatic hydroxyl groups is 2. The Labute approximate surface area is 155 Å². The summed E-state index contributed by atoms with van der Waals surface area (Å²) in [4.78, 5) is 0. The lowest BCUT2D eigenvalue weighted by Crippen LogP contribution is -2.44. The fourth-order valence-electron chi connectivity index (χ4n) is 3.18. The topological polar surface area (TPSA) is 58.9 Å². The van der Waals surface area contributed by atoms with Crippen LogP contribution in [0, 0.1) is 0 Å². The van der Waals surface area contributed by atoms with Crippen LogP contribution < -0.4 is 4.74 Å². The Hall–Kier alpha value is -2.30. The molecule has 0 spiro atoms. The Morgan fingerprint density at radius 1 is 1.15 bits per heavy atom. The van der Waals surface area contributed by atoms with Crippen molar-refractivity contribution in [2.75, 3.05) is 13.2 Å². The SMILES string of the molecule is C=CCC1=CC(OCC)C(O)(c2cc(CC=C)ccc2OCC)C(O)=C1. The Balaban J connectivity index is 2.61. The molecule has 0 saturated heterocycles. The first-order chi connectivity index (χ1) is 12.5. The van der Waals surface area contributed by atoms with Crippen molar-refractivity contribution in [3.63, 3.8) is 0 Å². The van der Waals surface area contributed by atoms with Crippen molar-refractivity contribution in [1.29, 1.82) is 0 Å². The molecular formula is C22H28O4. The fourth-order valence-corrected chi connectivity index (χ4v) is 3.18. The second-order valence-corrected chi connectivity index (χ2v) is 6.16. The van der Waals surface area contributed by atoms with E-state index in [9.17, 15) is 10.2 Å². The highest BCUT2D eigenvalue weighted by Gasteiger charge is 2.46. The van der Waals surface area contributed by atoms with Crippen molar-refractivity contribution in [3.05, 3.63) is 78.1 Å². The van der Waals surface area contributed by atoms with Crippen molar-refractivity contribution in [2.24, 2.45) is 0 Å². The molecular weight excluding hydrogens is 328 g/mol. The lowest BCUT2D eigenvalue weighted by Gasteiger charge is -2.38. The van der Waals surface area contributed by atoms with Gasteiger partial charge in [0.1, 0.15) is 17.6 Å². The van der Waals surface area contributed by atoms with Gasteiger partial charge in [0.15, 0.2) is 5.60 Å². The van der Waals surface area contributed by atoms with Crippen LogP contribution in [0.4, 0.5) is 0 Å². The van der Waals surface area contributed by atoms with Crippen molar-refractivity contribution in [3.8, 4) is 5.75 Å². The van der Waals surface area contributed by atoms with Crippen LogP contribution in [0.2, 0.25) is 0 Å². The zero-order valence-electron chi connectivity index (χ0n) is 15.6. The fraction of sp³-hybridized carbons (Fsp3) is 0.364. The molecule has 4 heteroatoms. The Kier molecular flexibility index (Phi) is 6.83. The second-order valence-electron chi connectivity index (χ2n) is 6.16. The largest absolute Gasteiger partial charge is 0.509 e. The molecule has 0 aliphatic heterocycles. The van der Waals surface area contributed by atoms with Gasteiger partial charge in [0.2, 0.25) is 0 Å². The molecule has 1 aliphatic carbocycles. The summed E-state index contributed by atoms with van der Waals surface area (Å²) < 4.78 is 11.5. The minimum Gasteiger partial charge on any atom is -0.509 e. The van der Waals surface area contributed by atoms with Crippen LogP contribution in [0.1, 0.15) is 31.4 Å². The van der Waals surface area contributed by atoms with E-state index in [1.165, 1.54) is 0 Å². The van der Waals surface area contributed by atoms with Gasteiger partial charge < -0.3 is 19.7 Å². The standard InChI is InChI=1S/C22H28O4/c1-5-9-16-11-12-19(25-7-3)18(13-16)22(24)20(23)14-17(10-6-2)15-21(22)26-8-4/h5-6,11-15,21,23-24H,1-2,7-10H2,3-4H3. The molecule has 26 heavy (non-hydrogen) atoms. The molecule has 0 heterocycles. The Morgan fingerprint density at radius 2 is 1.88 bits per heavy atom. The third kappa shape index (κ3) is 3.92. The van der Waals surface area contributed by atoms with E-state index in [0.29, 0.717) is 37.4 Å². The summed E-state index contributed by atoms with van der Waals surface area (Å²) in [6.45, 7) is 12.1. The average molecular weight is 356 g/mol. The summed E-state index contributed by atoms with van der Waals surface area (Å²) in [7, 11) is 0. The minimum absolute atomic E-state index is 0.160.